The number of hydrogen-bond acceptors (Lipinski definition) is 8. The second-order valence-corrected chi connectivity index (χ2v) is 9.65. The van der Waals surface area contributed by atoms with Crippen LogP contribution in [0.25, 0.3) is 21.5 Å². The van der Waals surface area contributed by atoms with Gasteiger partial charge in [0, 0.05) is 11.3 Å². The van der Waals surface area contributed by atoms with E-state index in [4.69, 9.17) is 14.2 Å². The van der Waals surface area contributed by atoms with E-state index in [9.17, 15) is 14.7 Å². The van der Waals surface area contributed by atoms with Crippen LogP contribution in [-0.2, 0) is 9.53 Å². The molecule has 4 aromatic rings. The highest BCUT2D eigenvalue weighted by molar-refractivity contribution is 6.13. The number of methoxy groups -OCH3 is 1. The van der Waals surface area contributed by atoms with Gasteiger partial charge in [-0.2, -0.15) is 5.10 Å². The van der Waals surface area contributed by atoms with Crippen LogP contribution >= 0.6 is 0 Å². The summed E-state index contributed by atoms with van der Waals surface area (Å²) in [5.74, 6) is 0.211. The maximum atomic E-state index is 12.5. The number of esters is 1. The number of benzene rings is 4. The van der Waals surface area contributed by atoms with Gasteiger partial charge < -0.3 is 30.0 Å². The minimum atomic E-state index is -1.11. The molecule has 10 heteroatoms. The van der Waals surface area contributed by atoms with Crippen molar-refractivity contribution in [3.8, 4) is 11.5 Å². The van der Waals surface area contributed by atoms with Crippen LogP contribution in [-0.4, -0.2) is 49.9 Å². The lowest BCUT2D eigenvalue weighted by molar-refractivity contribution is -0.136. The van der Waals surface area contributed by atoms with E-state index in [0.29, 0.717) is 29.4 Å². The molecule has 2 atom stereocenters. The molecule has 0 aromatic heterocycles. The quantitative estimate of drug-likeness (QED) is 0.0728. The molecule has 0 unspecified atom stereocenters. The fraction of sp³-hybridized carbons (Fsp3) is 0.219. The van der Waals surface area contributed by atoms with Gasteiger partial charge in [-0.15, -0.1) is 0 Å². The smallest absolute Gasteiger partial charge is 0.337 e. The van der Waals surface area contributed by atoms with Crippen LogP contribution in [0.2, 0.25) is 0 Å². The van der Waals surface area contributed by atoms with Crippen molar-refractivity contribution in [3.63, 3.8) is 0 Å². The van der Waals surface area contributed by atoms with Crippen molar-refractivity contribution in [3.05, 3.63) is 95.2 Å². The zero-order chi connectivity index (χ0) is 29.6. The Morgan fingerprint density at radius 1 is 1.02 bits per heavy atom. The van der Waals surface area contributed by atoms with E-state index < -0.39 is 24.3 Å². The largest absolute Gasteiger partial charge is 0.490 e. The van der Waals surface area contributed by atoms with Crippen molar-refractivity contribution in [1.82, 2.24) is 16.1 Å². The first-order valence-electron chi connectivity index (χ1n) is 13.5. The summed E-state index contributed by atoms with van der Waals surface area (Å²) in [6.45, 7) is 3.69. The number of rotatable bonds is 10. The van der Waals surface area contributed by atoms with Crippen molar-refractivity contribution in [2.24, 2.45) is 5.10 Å². The van der Waals surface area contributed by atoms with Crippen LogP contribution in [0.15, 0.2) is 89.2 Å². The number of aliphatic hydroxyl groups is 1. The topological polar surface area (TPSA) is 131 Å². The molecule has 0 spiro atoms. The van der Waals surface area contributed by atoms with Gasteiger partial charge in [-0.1, -0.05) is 54.6 Å². The van der Waals surface area contributed by atoms with Gasteiger partial charge in [-0.3, -0.25) is 5.43 Å². The predicted molar refractivity (Wildman–Crippen MR) is 160 cm³/mol. The summed E-state index contributed by atoms with van der Waals surface area (Å²) >= 11 is 0. The number of amides is 2. The summed E-state index contributed by atoms with van der Waals surface area (Å²) in [4.78, 5) is 24.6. The number of ether oxygens (including phenoxy) is 3. The Balaban J connectivity index is 1.31. The molecule has 0 saturated carbocycles. The normalized spacial score (nSPS) is 15.8. The molecule has 2 amide bonds. The Hall–Kier alpha value is -5.09. The summed E-state index contributed by atoms with van der Waals surface area (Å²) in [7, 11) is 1.28. The Morgan fingerprint density at radius 2 is 1.71 bits per heavy atom. The molecule has 1 aliphatic rings. The van der Waals surface area contributed by atoms with Crippen LogP contribution in [0.1, 0.15) is 31.0 Å². The summed E-state index contributed by atoms with van der Waals surface area (Å²) in [5, 5.41) is 24.5. The van der Waals surface area contributed by atoms with E-state index in [1.807, 2.05) is 43.3 Å². The lowest BCUT2D eigenvalue weighted by atomic mass is 9.95. The van der Waals surface area contributed by atoms with Gasteiger partial charge in [0.1, 0.15) is 6.61 Å². The molecule has 5 rings (SSSR count). The van der Waals surface area contributed by atoms with Crippen LogP contribution in [0.3, 0.4) is 0 Å². The molecule has 1 aliphatic heterocycles. The molecular weight excluding hydrogens is 536 g/mol. The van der Waals surface area contributed by atoms with Gasteiger partial charge >= 0.3 is 12.0 Å². The summed E-state index contributed by atoms with van der Waals surface area (Å²) < 4.78 is 16.6. The maximum Gasteiger partial charge on any atom is 0.337 e. The third kappa shape index (κ3) is 5.98. The average molecular weight is 569 g/mol. The first-order valence-corrected chi connectivity index (χ1v) is 13.5. The molecule has 10 nitrogen and oxygen atoms in total. The number of urea groups is 1. The molecule has 0 radical (unpaired) electrons. The van der Waals surface area contributed by atoms with Crippen LogP contribution < -0.4 is 25.5 Å². The molecule has 0 bridgehead atoms. The van der Waals surface area contributed by atoms with Gasteiger partial charge in [0.25, 0.3) is 0 Å². The van der Waals surface area contributed by atoms with E-state index in [0.717, 1.165) is 27.1 Å². The lowest BCUT2D eigenvalue weighted by Gasteiger charge is -2.28. The summed E-state index contributed by atoms with van der Waals surface area (Å²) in [6, 6.07) is 22.2. The number of nitrogens with one attached hydrogen (secondary N) is 3. The van der Waals surface area contributed by atoms with Crippen molar-refractivity contribution >= 4 is 39.8 Å². The number of allylic oxidation sites excluding steroid dienone is 1. The van der Waals surface area contributed by atoms with E-state index in [-0.39, 0.29) is 12.2 Å². The monoisotopic (exact) mass is 568 g/mol. The van der Waals surface area contributed by atoms with Gasteiger partial charge in [-0.05, 0) is 59.2 Å². The minimum absolute atomic E-state index is 0.121. The molecule has 0 aliphatic carbocycles. The molecule has 42 heavy (non-hydrogen) atoms. The maximum absolute atomic E-state index is 12.5. The van der Waals surface area contributed by atoms with Crippen LogP contribution in [0, 0.1) is 0 Å². The van der Waals surface area contributed by atoms with E-state index in [1.165, 1.54) is 7.11 Å². The van der Waals surface area contributed by atoms with Crippen LogP contribution in [0.4, 0.5) is 4.79 Å². The van der Waals surface area contributed by atoms with Crippen molar-refractivity contribution < 1.29 is 28.9 Å². The SMILES string of the molecule is CCOc1cc([C@@H]2NC(=O)NC(C)=C2C(=O)OC)ccc1OC[C@@H](O)N/N=C\c1c2ccccc2cc2ccccc12. The average Bonchev–Trinajstić information content (AvgIpc) is 2.99. The Bertz CT molecular complexity index is 1650. The zero-order valence-electron chi connectivity index (χ0n) is 23.5. The molecular formula is C32H32N4O6. The van der Waals surface area contributed by atoms with Crippen molar-refractivity contribution in [2.45, 2.75) is 26.1 Å². The zero-order valence-corrected chi connectivity index (χ0v) is 23.5. The van der Waals surface area contributed by atoms with Crippen LogP contribution in [0.5, 0.6) is 11.5 Å². The number of aliphatic hydroxyl groups excluding tert-OH is 1. The first kappa shape index (κ1) is 28.4. The van der Waals surface area contributed by atoms with Crippen molar-refractivity contribution in [2.75, 3.05) is 20.3 Å². The third-order valence-electron chi connectivity index (χ3n) is 6.90. The fourth-order valence-corrected chi connectivity index (χ4v) is 5.00. The lowest BCUT2D eigenvalue weighted by Crippen LogP contribution is -2.45. The van der Waals surface area contributed by atoms with Gasteiger partial charge in [-0.25, -0.2) is 9.59 Å². The standard InChI is InChI=1S/C32H32N4O6/c1-4-41-27-16-22(30-29(31(38)40-3)19(2)34-32(39)35-30)13-14-26(27)42-18-28(37)36-33-17-25-23-11-7-5-9-20(23)15-21-10-6-8-12-24(21)25/h5-17,28,30,36-37H,4,18H2,1-3H3,(H2,34,35,39)/b33-17-/t28-,30+/m1/s1. The second kappa shape index (κ2) is 12.6. The molecule has 4 aromatic carbocycles. The highest BCUT2D eigenvalue weighted by Gasteiger charge is 2.32. The number of hydrazone groups is 1. The number of carbonyl (C=O) groups excluding carboxylic acids is 2. The van der Waals surface area contributed by atoms with Gasteiger partial charge in [0.15, 0.2) is 17.7 Å². The predicted octanol–water partition coefficient (Wildman–Crippen LogP) is 4.51. The first-order chi connectivity index (χ1) is 20.4. The van der Waals surface area contributed by atoms with E-state index in [2.05, 4.69) is 39.4 Å². The fourth-order valence-electron chi connectivity index (χ4n) is 5.00. The number of nitrogens with zero attached hydrogens (tertiary/aromatic N) is 1. The van der Waals surface area contributed by atoms with Crippen molar-refractivity contribution in [1.29, 1.82) is 0 Å². The number of hydrogen-bond donors (Lipinski definition) is 4. The van der Waals surface area contributed by atoms with Gasteiger partial charge in [0.05, 0.1) is 31.5 Å². The second-order valence-electron chi connectivity index (χ2n) is 9.65. The third-order valence-corrected chi connectivity index (χ3v) is 6.90. The Labute approximate surface area is 243 Å². The van der Waals surface area contributed by atoms with Gasteiger partial charge in [0.2, 0.25) is 0 Å². The summed E-state index contributed by atoms with van der Waals surface area (Å²) in [5.41, 5.74) is 4.96. The highest BCUT2D eigenvalue weighted by atomic mass is 16.5. The Morgan fingerprint density at radius 3 is 2.38 bits per heavy atom. The Kier molecular flexibility index (Phi) is 8.54. The summed E-state index contributed by atoms with van der Waals surface area (Å²) in [6.07, 6.45) is 0.590. The molecule has 0 saturated heterocycles. The molecule has 0 fully saturated rings. The number of carbonyl (C=O) groups is 2. The molecule has 216 valence electrons. The highest BCUT2D eigenvalue weighted by Crippen LogP contribution is 2.35. The van der Waals surface area contributed by atoms with E-state index >= 15 is 0 Å². The molecule has 1 heterocycles. The number of fused-ring (bicyclic) bond motifs is 2. The van der Waals surface area contributed by atoms with E-state index in [1.54, 1.807) is 31.3 Å². The minimum Gasteiger partial charge on any atom is -0.490 e. The molecule has 4 N–H and O–H groups in total.